The van der Waals surface area contributed by atoms with Gasteiger partial charge in [0.2, 0.25) is 0 Å². The maximum absolute atomic E-state index is 9.00. The van der Waals surface area contributed by atoms with Crippen LogP contribution in [-0.2, 0) is 13.6 Å². The second-order valence-corrected chi connectivity index (χ2v) is 5.15. The van der Waals surface area contributed by atoms with E-state index in [1.165, 1.54) is 36.9 Å². The van der Waals surface area contributed by atoms with Crippen LogP contribution >= 0.6 is 0 Å². The molecule has 0 bridgehead atoms. The summed E-state index contributed by atoms with van der Waals surface area (Å²) in [7, 11) is 1.95. The summed E-state index contributed by atoms with van der Waals surface area (Å²) in [5, 5.41) is 12.7. The Morgan fingerprint density at radius 1 is 1.53 bits per heavy atom. The van der Waals surface area contributed by atoms with Gasteiger partial charge in [-0.25, -0.2) is 0 Å². The standard InChI is InChI=1S/C14H21N3/c1-4-14(6-5-7-14)16-10-12-8-13(9-15)17(3)11(12)2/h8,16H,4-7,10H2,1-3H3. The van der Waals surface area contributed by atoms with Crippen molar-refractivity contribution in [2.75, 3.05) is 0 Å². The molecule has 2 rings (SSSR count). The van der Waals surface area contributed by atoms with Crippen LogP contribution in [0.25, 0.3) is 0 Å². The molecule has 17 heavy (non-hydrogen) atoms. The topological polar surface area (TPSA) is 40.8 Å². The maximum atomic E-state index is 9.00. The van der Waals surface area contributed by atoms with Gasteiger partial charge in [-0.3, -0.25) is 0 Å². The fourth-order valence-corrected chi connectivity index (χ4v) is 2.59. The van der Waals surface area contributed by atoms with E-state index in [1.54, 1.807) is 0 Å². The van der Waals surface area contributed by atoms with E-state index in [1.807, 2.05) is 17.7 Å². The lowest BCUT2D eigenvalue weighted by Crippen LogP contribution is -2.49. The van der Waals surface area contributed by atoms with Crippen LogP contribution in [0.3, 0.4) is 0 Å². The summed E-state index contributed by atoms with van der Waals surface area (Å²) in [6.07, 6.45) is 5.13. The third kappa shape index (κ3) is 2.10. The van der Waals surface area contributed by atoms with E-state index in [4.69, 9.17) is 5.26 Å². The molecule has 0 spiro atoms. The van der Waals surface area contributed by atoms with Crippen LogP contribution in [0.4, 0.5) is 0 Å². The lowest BCUT2D eigenvalue weighted by molar-refractivity contribution is 0.175. The molecule has 0 aromatic carbocycles. The van der Waals surface area contributed by atoms with Crippen LogP contribution in [-0.4, -0.2) is 10.1 Å². The van der Waals surface area contributed by atoms with Gasteiger partial charge in [-0.15, -0.1) is 0 Å². The monoisotopic (exact) mass is 231 g/mol. The molecule has 1 aliphatic carbocycles. The van der Waals surface area contributed by atoms with E-state index < -0.39 is 0 Å². The molecule has 0 unspecified atom stereocenters. The number of hydrogen-bond donors (Lipinski definition) is 1. The third-order valence-electron chi connectivity index (χ3n) is 4.40. The fraction of sp³-hybridized carbons (Fsp3) is 0.643. The minimum atomic E-state index is 0.370. The zero-order valence-electron chi connectivity index (χ0n) is 11.0. The molecule has 1 fully saturated rings. The Bertz CT molecular complexity index is 441. The summed E-state index contributed by atoms with van der Waals surface area (Å²) >= 11 is 0. The van der Waals surface area contributed by atoms with Crippen LogP contribution in [0.1, 0.15) is 49.6 Å². The highest BCUT2D eigenvalue weighted by Gasteiger charge is 2.34. The van der Waals surface area contributed by atoms with Crippen molar-refractivity contribution in [2.45, 2.75) is 51.6 Å². The van der Waals surface area contributed by atoms with E-state index in [9.17, 15) is 0 Å². The molecule has 1 aromatic rings. The van der Waals surface area contributed by atoms with Crippen LogP contribution in [0, 0.1) is 18.3 Å². The Balaban J connectivity index is 2.07. The molecule has 0 atom stereocenters. The number of nitrogens with zero attached hydrogens (tertiary/aromatic N) is 2. The van der Waals surface area contributed by atoms with Gasteiger partial charge in [0.25, 0.3) is 0 Å². The largest absolute Gasteiger partial charge is 0.340 e. The highest BCUT2D eigenvalue weighted by Crippen LogP contribution is 2.35. The van der Waals surface area contributed by atoms with E-state index in [0.717, 1.165) is 12.2 Å². The van der Waals surface area contributed by atoms with E-state index in [2.05, 4.69) is 25.2 Å². The van der Waals surface area contributed by atoms with E-state index >= 15 is 0 Å². The summed E-state index contributed by atoms with van der Waals surface area (Å²) in [4.78, 5) is 0. The molecular formula is C14H21N3. The van der Waals surface area contributed by atoms with Gasteiger partial charge in [-0.2, -0.15) is 5.26 Å². The van der Waals surface area contributed by atoms with Crippen molar-refractivity contribution in [3.63, 3.8) is 0 Å². The first-order valence-electron chi connectivity index (χ1n) is 6.42. The SMILES string of the molecule is CCC1(NCc2cc(C#N)n(C)c2C)CCC1. The molecule has 0 radical (unpaired) electrons. The van der Waals surface area contributed by atoms with Gasteiger partial charge in [0, 0.05) is 24.8 Å². The molecule has 3 nitrogen and oxygen atoms in total. The van der Waals surface area contributed by atoms with Crippen molar-refractivity contribution in [3.05, 3.63) is 23.0 Å². The first-order chi connectivity index (χ1) is 8.12. The molecule has 0 aliphatic heterocycles. The number of nitriles is 1. The normalized spacial score (nSPS) is 17.5. The summed E-state index contributed by atoms with van der Waals surface area (Å²) in [6.45, 7) is 5.22. The van der Waals surface area contributed by atoms with Gasteiger partial charge < -0.3 is 9.88 Å². The smallest absolute Gasteiger partial charge is 0.120 e. The van der Waals surface area contributed by atoms with Crippen molar-refractivity contribution in [1.82, 2.24) is 9.88 Å². The molecule has 0 amide bonds. The number of nitrogens with one attached hydrogen (secondary N) is 1. The molecule has 1 aliphatic rings. The molecule has 92 valence electrons. The van der Waals surface area contributed by atoms with Gasteiger partial charge in [0.05, 0.1) is 0 Å². The Labute approximate surface area is 103 Å². The molecule has 0 saturated heterocycles. The summed E-state index contributed by atoms with van der Waals surface area (Å²) in [5.74, 6) is 0. The molecule has 3 heteroatoms. The van der Waals surface area contributed by atoms with Crippen LogP contribution < -0.4 is 5.32 Å². The average Bonchev–Trinajstić information content (AvgIpc) is 2.56. The first kappa shape index (κ1) is 12.2. The predicted molar refractivity (Wildman–Crippen MR) is 68.6 cm³/mol. The Hall–Kier alpha value is -1.27. The van der Waals surface area contributed by atoms with Gasteiger partial charge in [-0.1, -0.05) is 6.92 Å². The molecule has 1 N–H and O–H groups in total. The van der Waals surface area contributed by atoms with Gasteiger partial charge in [0.15, 0.2) is 0 Å². The van der Waals surface area contributed by atoms with Crippen LogP contribution in [0.15, 0.2) is 6.07 Å². The average molecular weight is 231 g/mol. The molecule has 1 saturated carbocycles. The Morgan fingerprint density at radius 3 is 2.65 bits per heavy atom. The highest BCUT2D eigenvalue weighted by atomic mass is 15.0. The minimum Gasteiger partial charge on any atom is -0.340 e. The zero-order chi connectivity index (χ0) is 12.5. The predicted octanol–water partition coefficient (Wildman–Crippen LogP) is 2.63. The molecular weight excluding hydrogens is 210 g/mol. The van der Waals surface area contributed by atoms with E-state index in [-0.39, 0.29) is 0 Å². The number of hydrogen-bond acceptors (Lipinski definition) is 2. The maximum Gasteiger partial charge on any atom is 0.120 e. The first-order valence-corrected chi connectivity index (χ1v) is 6.42. The van der Waals surface area contributed by atoms with Crippen LogP contribution in [0.5, 0.6) is 0 Å². The third-order valence-corrected chi connectivity index (χ3v) is 4.40. The Morgan fingerprint density at radius 2 is 2.24 bits per heavy atom. The number of rotatable bonds is 4. The molecule has 1 aromatic heterocycles. The quantitative estimate of drug-likeness (QED) is 0.865. The lowest BCUT2D eigenvalue weighted by atomic mass is 9.75. The lowest BCUT2D eigenvalue weighted by Gasteiger charge is -2.42. The van der Waals surface area contributed by atoms with Crippen molar-refractivity contribution in [2.24, 2.45) is 7.05 Å². The Kier molecular flexibility index (Phi) is 3.26. The van der Waals surface area contributed by atoms with Gasteiger partial charge >= 0.3 is 0 Å². The van der Waals surface area contributed by atoms with Gasteiger partial charge in [-0.05, 0) is 44.2 Å². The summed E-state index contributed by atoms with van der Waals surface area (Å²) in [5.41, 5.74) is 3.57. The van der Waals surface area contributed by atoms with Crippen molar-refractivity contribution < 1.29 is 0 Å². The van der Waals surface area contributed by atoms with Crippen molar-refractivity contribution >= 4 is 0 Å². The van der Waals surface area contributed by atoms with Crippen molar-refractivity contribution in [3.8, 4) is 6.07 Å². The van der Waals surface area contributed by atoms with Crippen molar-refractivity contribution in [1.29, 1.82) is 5.26 Å². The highest BCUT2D eigenvalue weighted by molar-refractivity contribution is 5.34. The zero-order valence-corrected chi connectivity index (χ0v) is 11.0. The minimum absolute atomic E-state index is 0.370. The summed E-state index contributed by atoms with van der Waals surface area (Å²) in [6, 6.07) is 4.24. The van der Waals surface area contributed by atoms with Crippen LogP contribution in [0.2, 0.25) is 0 Å². The number of aromatic nitrogens is 1. The van der Waals surface area contributed by atoms with Gasteiger partial charge in [0.1, 0.15) is 11.8 Å². The summed E-state index contributed by atoms with van der Waals surface area (Å²) < 4.78 is 1.97. The second kappa shape index (κ2) is 4.54. The van der Waals surface area contributed by atoms with E-state index in [0.29, 0.717) is 5.54 Å². The fourth-order valence-electron chi connectivity index (χ4n) is 2.59. The molecule has 1 heterocycles. The second-order valence-electron chi connectivity index (χ2n) is 5.15.